The minimum absolute atomic E-state index is 0.0975. The Hall–Kier alpha value is -3.00. The minimum Gasteiger partial charge on any atom is -0.493 e. The molecule has 8 heteroatoms. The van der Waals surface area contributed by atoms with Crippen molar-refractivity contribution in [3.63, 3.8) is 0 Å². The van der Waals surface area contributed by atoms with Crippen LogP contribution < -0.4 is 14.8 Å². The number of nitrogens with one attached hydrogen (secondary N) is 1. The summed E-state index contributed by atoms with van der Waals surface area (Å²) < 4.78 is 16.2. The molecule has 0 aliphatic rings. The molecule has 1 N–H and O–H groups in total. The Morgan fingerprint density at radius 3 is 2.57 bits per heavy atom. The summed E-state index contributed by atoms with van der Waals surface area (Å²) in [5.74, 6) is 1.44. The number of aromatic nitrogens is 2. The molecule has 3 aromatic rings. The second kappa shape index (κ2) is 9.27. The molecule has 0 aliphatic carbocycles. The van der Waals surface area contributed by atoms with E-state index in [2.05, 4.69) is 15.5 Å². The van der Waals surface area contributed by atoms with Gasteiger partial charge in [0.2, 0.25) is 11.8 Å². The van der Waals surface area contributed by atoms with Gasteiger partial charge >= 0.3 is 0 Å². The van der Waals surface area contributed by atoms with Crippen molar-refractivity contribution in [2.45, 2.75) is 23.9 Å². The van der Waals surface area contributed by atoms with Crippen LogP contribution in [0, 0.1) is 0 Å². The molecule has 0 aliphatic heterocycles. The largest absolute Gasteiger partial charge is 0.493 e. The normalized spacial score (nSPS) is 11.7. The Morgan fingerprint density at radius 1 is 1.11 bits per heavy atom. The van der Waals surface area contributed by atoms with Gasteiger partial charge < -0.3 is 19.2 Å². The Kier molecular flexibility index (Phi) is 6.54. The van der Waals surface area contributed by atoms with E-state index in [1.54, 1.807) is 39.3 Å². The van der Waals surface area contributed by atoms with Gasteiger partial charge in [0, 0.05) is 12.1 Å². The van der Waals surface area contributed by atoms with E-state index in [-0.39, 0.29) is 11.2 Å². The summed E-state index contributed by atoms with van der Waals surface area (Å²) in [6, 6.07) is 15.1. The van der Waals surface area contributed by atoms with Crippen molar-refractivity contribution in [3.8, 4) is 23.0 Å². The van der Waals surface area contributed by atoms with Crippen molar-refractivity contribution < 1.29 is 18.7 Å². The van der Waals surface area contributed by atoms with Crippen LogP contribution >= 0.6 is 11.8 Å². The third-order valence-electron chi connectivity index (χ3n) is 3.99. The van der Waals surface area contributed by atoms with Crippen molar-refractivity contribution in [2.75, 3.05) is 14.2 Å². The summed E-state index contributed by atoms with van der Waals surface area (Å²) in [6.45, 7) is 2.27. The van der Waals surface area contributed by atoms with Crippen LogP contribution in [0.5, 0.6) is 11.5 Å². The van der Waals surface area contributed by atoms with E-state index < -0.39 is 0 Å². The fraction of sp³-hybridized carbons (Fsp3) is 0.250. The summed E-state index contributed by atoms with van der Waals surface area (Å²) >= 11 is 1.21. The molecule has 1 amide bonds. The van der Waals surface area contributed by atoms with Crippen LogP contribution in [-0.2, 0) is 11.3 Å². The zero-order valence-electron chi connectivity index (χ0n) is 15.8. The van der Waals surface area contributed by atoms with Gasteiger partial charge in [0.05, 0.1) is 19.5 Å². The molecule has 0 saturated heterocycles. The third kappa shape index (κ3) is 4.83. The third-order valence-corrected chi connectivity index (χ3v) is 4.93. The van der Waals surface area contributed by atoms with E-state index in [9.17, 15) is 4.79 Å². The Bertz CT molecular complexity index is 930. The molecular formula is C20H21N3O4S. The molecule has 3 rings (SSSR count). The maximum absolute atomic E-state index is 12.3. The van der Waals surface area contributed by atoms with Crippen molar-refractivity contribution in [2.24, 2.45) is 0 Å². The van der Waals surface area contributed by atoms with Crippen molar-refractivity contribution in [1.29, 1.82) is 0 Å². The van der Waals surface area contributed by atoms with E-state index >= 15 is 0 Å². The van der Waals surface area contributed by atoms with Crippen LogP contribution in [0.3, 0.4) is 0 Å². The standard InChI is InChI=1S/C20H21N3O4S/c1-13(18(24)21-12-14-7-5-4-6-8-14)28-20-23-22-19(27-20)15-9-10-16(25-2)17(11-15)26-3/h4-11,13H,12H2,1-3H3,(H,21,24)/t13-/m0/s1. The van der Waals surface area contributed by atoms with Crippen LogP contribution in [0.1, 0.15) is 12.5 Å². The molecule has 28 heavy (non-hydrogen) atoms. The Labute approximate surface area is 167 Å². The number of hydrogen-bond acceptors (Lipinski definition) is 7. The fourth-order valence-electron chi connectivity index (χ4n) is 2.48. The van der Waals surface area contributed by atoms with Gasteiger partial charge in [-0.2, -0.15) is 0 Å². The number of rotatable bonds is 8. The van der Waals surface area contributed by atoms with Gasteiger partial charge in [0.1, 0.15) is 0 Å². The number of ether oxygens (including phenoxy) is 2. The van der Waals surface area contributed by atoms with Gasteiger partial charge in [-0.15, -0.1) is 10.2 Å². The van der Waals surface area contributed by atoms with E-state index in [0.29, 0.717) is 34.7 Å². The predicted octanol–water partition coefficient (Wildman–Crippen LogP) is 3.55. The minimum atomic E-state index is -0.373. The molecule has 2 aromatic carbocycles. The first-order valence-electron chi connectivity index (χ1n) is 8.65. The summed E-state index contributed by atoms with van der Waals surface area (Å²) in [7, 11) is 3.13. The molecule has 1 heterocycles. The first-order chi connectivity index (χ1) is 13.6. The predicted molar refractivity (Wildman–Crippen MR) is 106 cm³/mol. The number of thioether (sulfide) groups is 1. The van der Waals surface area contributed by atoms with Crippen molar-refractivity contribution in [1.82, 2.24) is 15.5 Å². The highest BCUT2D eigenvalue weighted by molar-refractivity contribution is 8.00. The quantitative estimate of drug-likeness (QED) is 0.580. The van der Waals surface area contributed by atoms with E-state index in [1.165, 1.54) is 11.8 Å². The lowest BCUT2D eigenvalue weighted by Crippen LogP contribution is -2.30. The van der Waals surface area contributed by atoms with Gasteiger partial charge in [0.15, 0.2) is 11.5 Å². The number of amides is 1. The number of nitrogens with zero attached hydrogens (tertiary/aromatic N) is 2. The summed E-state index contributed by atoms with van der Waals surface area (Å²) in [6.07, 6.45) is 0. The first kappa shape index (κ1) is 19.8. The van der Waals surface area contributed by atoms with E-state index in [4.69, 9.17) is 13.9 Å². The molecule has 0 spiro atoms. The van der Waals surface area contributed by atoms with Crippen molar-refractivity contribution in [3.05, 3.63) is 54.1 Å². The maximum Gasteiger partial charge on any atom is 0.277 e. The molecule has 0 fully saturated rings. The van der Waals surface area contributed by atoms with Crippen LogP contribution in [0.25, 0.3) is 11.5 Å². The van der Waals surface area contributed by atoms with Crippen LogP contribution in [0.2, 0.25) is 0 Å². The lowest BCUT2D eigenvalue weighted by Gasteiger charge is -2.09. The summed E-state index contributed by atoms with van der Waals surface area (Å²) in [5.41, 5.74) is 1.75. The number of benzene rings is 2. The monoisotopic (exact) mass is 399 g/mol. The van der Waals surface area contributed by atoms with Crippen molar-refractivity contribution >= 4 is 17.7 Å². The van der Waals surface area contributed by atoms with Gasteiger partial charge in [-0.25, -0.2) is 0 Å². The number of methoxy groups -OCH3 is 2. The average Bonchev–Trinajstić information content (AvgIpc) is 3.20. The Morgan fingerprint density at radius 2 is 1.86 bits per heavy atom. The highest BCUT2D eigenvalue weighted by atomic mass is 32.2. The SMILES string of the molecule is COc1ccc(-c2nnc(S[C@@H](C)C(=O)NCc3ccccc3)o2)cc1OC. The molecular weight excluding hydrogens is 378 g/mol. The van der Waals surface area contributed by atoms with Crippen LogP contribution in [0.15, 0.2) is 58.2 Å². The molecule has 0 bridgehead atoms. The number of carbonyl (C=O) groups is 1. The van der Waals surface area contributed by atoms with Crippen LogP contribution in [0.4, 0.5) is 0 Å². The highest BCUT2D eigenvalue weighted by Crippen LogP contribution is 2.33. The average molecular weight is 399 g/mol. The second-order valence-electron chi connectivity index (χ2n) is 5.91. The lowest BCUT2D eigenvalue weighted by molar-refractivity contribution is -0.120. The topological polar surface area (TPSA) is 86.5 Å². The zero-order valence-corrected chi connectivity index (χ0v) is 16.7. The van der Waals surface area contributed by atoms with Crippen LogP contribution in [-0.4, -0.2) is 35.6 Å². The van der Waals surface area contributed by atoms with E-state index in [0.717, 1.165) is 5.56 Å². The summed E-state index contributed by atoms with van der Waals surface area (Å²) in [5, 5.41) is 10.9. The fourth-order valence-corrected chi connectivity index (χ4v) is 3.18. The zero-order chi connectivity index (χ0) is 19.9. The van der Waals surface area contributed by atoms with E-state index in [1.807, 2.05) is 30.3 Å². The lowest BCUT2D eigenvalue weighted by atomic mass is 10.2. The molecule has 0 saturated carbocycles. The maximum atomic E-state index is 12.3. The summed E-state index contributed by atoms with van der Waals surface area (Å²) in [4.78, 5) is 12.3. The molecule has 1 aromatic heterocycles. The second-order valence-corrected chi connectivity index (χ2v) is 7.20. The molecule has 0 unspecified atom stereocenters. The van der Waals surface area contributed by atoms with Gasteiger partial charge in [-0.3, -0.25) is 4.79 Å². The first-order valence-corrected chi connectivity index (χ1v) is 9.53. The molecule has 7 nitrogen and oxygen atoms in total. The highest BCUT2D eigenvalue weighted by Gasteiger charge is 2.19. The Balaban J connectivity index is 1.61. The molecule has 0 radical (unpaired) electrons. The molecule has 146 valence electrons. The smallest absolute Gasteiger partial charge is 0.277 e. The number of carbonyl (C=O) groups excluding carboxylic acids is 1. The number of hydrogen-bond donors (Lipinski definition) is 1. The van der Waals surface area contributed by atoms with Gasteiger partial charge in [-0.05, 0) is 30.7 Å². The molecule has 1 atom stereocenters. The van der Waals surface area contributed by atoms with Gasteiger partial charge in [-0.1, -0.05) is 42.1 Å². The van der Waals surface area contributed by atoms with Gasteiger partial charge in [0.25, 0.3) is 5.22 Å².